The molecule has 0 spiro atoms. The largest absolute Gasteiger partial charge is 0.372 e. The zero-order valence-corrected chi connectivity index (χ0v) is 17.4. The number of carbonyl (C=O) groups excluding carboxylic acids is 2. The van der Waals surface area contributed by atoms with E-state index in [0.717, 1.165) is 18.7 Å². The first kappa shape index (κ1) is 20.9. The van der Waals surface area contributed by atoms with Gasteiger partial charge in [0, 0.05) is 31.0 Å². The quantitative estimate of drug-likeness (QED) is 0.727. The summed E-state index contributed by atoms with van der Waals surface area (Å²) in [6.45, 7) is 6.92. The summed E-state index contributed by atoms with van der Waals surface area (Å²) in [4.78, 5) is 26.5. The topological polar surface area (TPSA) is 61.4 Å². The third kappa shape index (κ3) is 6.08. The Kier molecular flexibility index (Phi) is 7.28. The van der Waals surface area contributed by atoms with E-state index in [1.807, 2.05) is 24.3 Å². The minimum Gasteiger partial charge on any atom is -0.372 e. The number of hydrogen-bond acceptors (Lipinski definition) is 3. The van der Waals surface area contributed by atoms with E-state index in [4.69, 9.17) is 0 Å². The second-order valence-corrected chi connectivity index (χ2v) is 7.95. The standard InChI is InChI=1S/C24H31N3O2/c1-18(2)20-8-10-21(11-9-20)26-24(29)23(28)25-15-14-19-6-12-22(13-7-19)27-16-4-3-5-17-27/h6-13,18H,3-5,14-17H2,1-2H3,(H,25,28)(H,26,29). The fourth-order valence-electron chi connectivity index (χ4n) is 3.57. The van der Waals surface area contributed by atoms with Crippen molar-refractivity contribution in [2.75, 3.05) is 29.9 Å². The van der Waals surface area contributed by atoms with Crippen LogP contribution in [0.5, 0.6) is 0 Å². The van der Waals surface area contributed by atoms with E-state index >= 15 is 0 Å². The van der Waals surface area contributed by atoms with Crippen molar-refractivity contribution in [3.63, 3.8) is 0 Å². The molecular weight excluding hydrogens is 362 g/mol. The van der Waals surface area contributed by atoms with Gasteiger partial charge < -0.3 is 15.5 Å². The van der Waals surface area contributed by atoms with Crippen LogP contribution in [0.15, 0.2) is 48.5 Å². The molecule has 1 fully saturated rings. The Morgan fingerprint density at radius 1 is 0.897 bits per heavy atom. The zero-order chi connectivity index (χ0) is 20.6. The molecule has 2 N–H and O–H groups in total. The van der Waals surface area contributed by atoms with Crippen molar-refractivity contribution in [1.29, 1.82) is 0 Å². The molecule has 3 rings (SSSR count). The molecule has 0 bridgehead atoms. The van der Waals surface area contributed by atoms with Crippen LogP contribution >= 0.6 is 0 Å². The molecule has 0 aliphatic carbocycles. The highest BCUT2D eigenvalue weighted by atomic mass is 16.2. The van der Waals surface area contributed by atoms with Crippen molar-refractivity contribution >= 4 is 23.2 Å². The molecule has 1 heterocycles. The van der Waals surface area contributed by atoms with Crippen LogP contribution in [0, 0.1) is 0 Å². The number of amides is 2. The van der Waals surface area contributed by atoms with Crippen LogP contribution in [0.3, 0.4) is 0 Å². The molecular formula is C24H31N3O2. The van der Waals surface area contributed by atoms with Crippen LogP contribution in [-0.2, 0) is 16.0 Å². The molecule has 154 valence electrons. The van der Waals surface area contributed by atoms with Gasteiger partial charge in [-0.3, -0.25) is 9.59 Å². The van der Waals surface area contributed by atoms with Crippen LogP contribution in [0.1, 0.15) is 50.2 Å². The molecule has 0 atom stereocenters. The summed E-state index contributed by atoms with van der Waals surface area (Å²) in [5.41, 5.74) is 4.23. The second-order valence-electron chi connectivity index (χ2n) is 7.95. The average Bonchev–Trinajstić information content (AvgIpc) is 2.75. The van der Waals surface area contributed by atoms with E-state index in [2.05, 4.69) is 53.6 Å². The summed E-state index contributed by atoms with van der Waals surface area (Å²) < 4.78 is 0. The van der Waals surface area contributed by atoms with Crippen LogP contribution in [0.25, 0.3) is 0 Å². The Morgan fingerprint density at radius 3 is 2.17 bits per heavy atom. The fraction of sp³-hybridized carbons (Fsp3) is 0.417. The fourth-order valence-corrected chi connectivity index (χ4v) is 3.57. The molecule has 1 saturated heterocycles. The normalized spacial score (nSPS) is 14.0. The van der Waals surface area contributed by atoms with Gasteiger partial charge in [-0.1, -0.05) is 38.1 Å². The SMILES string of the molecule is CC(C)c1ccc(NC(=O)C(=O)NCCc2ccc(N3CCCCC3)cc2)cc1. The third-order valence-electron chi connectivity index (χ3n) is 5.40. The van der Waals surface area contributed by atoms with Crippen LogP contribution in [0.2, 0.25) is 0 Å². The first-order valence-electron chi connectivity index (χ1n) is 10.6. The van der Waals surface area contributed by atoms with Crippen molar-refractivity contribution < 1.29 is 9.59 Å². The van der Waals surface area contributed by atoms with Gasteiger partial charge in [-0.2, -0.15) is 0 Å². The molecule has 5 heteroatoms. The number of anilines is 2. The molecule has 1 aliphatic heterocycles. The predicted molar refractivity (Wildman–Crippen MR) is 118 cm³/mol. The second kappa shape index (κ2) is 10.1. The maximum Gasteiger partial charge on any atom is 0.313 e. The maximum absolute atomic E-state index is 12.1. The highest BCUT2D eigenvalue weighted by molar-refractivity contribution is 6.39. The van der Waals surface area contributed by atoms with Gasteiger partial charge >= 0.3 is 11.8 Å². The molecule has 5 nitrogen and oxygen atoms in total. The summed E-state index contributed by atoms with van der Waals surface area (Å²) in [6.07, 6.45) is 4.54. The van der Waals surface area contributed by atoms with E-state index in [-0.39, 0.29) is 0 Å². The highest BCUT2D eigenvalue weighted by Crippen LogP contribution is 2.20. The Balaban J connectivity index is 1.42. The van der Waals surface area contributed by atoms with Crippen molar-refractivity contribution in [3.8, 4) is 0 Å². The number of carbonyl (C=O) groups is 2. The minimum absolute atomic E-state index is 0.428. The number of nitrogens with zero attached hydrogens (tertiary/aromatic N) is 1. The van der Waals surface area contributed by atoms with Crippen LogP contribution < -0.4 is 15.5 Å². The van der Waals surface area contributed by atoms with E-state index in [1.165, 1.54) is 30.5 Å². The average molecular weight is 394 g/mol. The number of rotatable bonds is 6. The highest BCUT2D eigenvalue weighted by Gasteiger charge is 2.14. The van der Waals surface area contributed by atoms with Gasteiger partial charge in [-0.15, -0.1) is 0 Å². The molecule has 0 unspecified atom stereocenters. The Morgan fingerprint density at radius 2 is 1.55 bits per heavy atom. The van der Waals surface area contributed by atoms with Crippen LogP contribution in [-0.4, -0.2) is 31.4 Å². The van der Waals surface area contributed by atoms with E-state index in [1.54, 1.807) is 0 Å². The number of hydrogen-bond donors (Lipinski definition) is 2. The zero-order valence-electron chi connectivity index (χ0n) is 17.4. The van der Waals surface area contributed by atoms with Gasteiger partial charge in [0.05, 0.1) is 0 Å². The van der Waals surface area contributed by atoms with Crippen molar-refractivity contribution in [2.45, 2.75) is 45.4 Å². The van der Waals surface area contributed by atoms with Crippen LogP contribution in [0.4, 0.5) is 11.4 Å². The minimum atomic E-state index is -0.636. The van der Waals surface area contributed by atoms with E-state index in [0.29, 0.717) is 24.6 Å². The van der Waals surface area contributed by atoms with E-state index in [9.17, 15) is 9.59 Å². The molecule has 2 aromatic rings. The Hall–Kier alpha value is -2.82. The van der Waals surface area contributed by atoms with Gasteiger partial charge in [0.25, 0.3) is 0 Å². The van der Waals surface area contributed by atoms with Gasteiger partial charge in [-0.25, -0.2) is 0 Å². The lowest BCUT2D eigenvalue weighted by Gasteiger charge is -2.28. The molecule has 2 aromatic carbocycles. The molecule has 1 aliphatic rings. The Labute approximate surface area is 173 Å². The van der Waals surface area contributed by atoms with E-state index < -0.39 is 11.8 Å². The number of nitrogens with one attached hydrogen (secondary N) is 2. The predicted octanol–water partition coefficient (Wildman–Crippen LogP) is 4.10. The van der Waals surface area contributed by atoms with Gasteiger partial charge in [0.2, 0.25) is 0 Å². The summed E-state index contributed by atoms with van der Waals surface area (Å²) in [6, 6.07) is 16.1. The van der Waals surface area contributed by atoms with Gasteiger partial charge in [0.15, 0.2) is 0 Å². The molecule has 29 heavy (non-hydrogen) atoms. The summed E-state index contributed by atoms with van der Waals surface area (Å²) >= 11 is 0. The van der Waals surface area contributed by atoms with Crippen molar-refractivity contribution in [2.24, 2.45) is 0 Å². The maximum atomic E-state index is 12.1. The lowest BCUT2D eigenvalue weighted by atomic mass is 10.0. The Bertz CT molecular complexity index is 807. The lowest BCUT2D eigenvalue weighted by Crippen LogP contribution is -2.36. The summed E-state index contributed by atoms with van der Waals surface area (Å²) in [7, 11) is 0. The first-order valence-corrected chi connectivity index (χ1v) is 10.6. The smallest absolute Gasteiger partial charge is 0.313 e. The van der Waals surface area contributed by atoms with Crippen molar-refractivity contribution in [1.82, 2.24) is 5.32 Å². The first-order chi connectivity index (χ1) is 14.0. The van der Waals surface area contributed by atoms with Gasteiger partial charge in [0.1, 0.15) is 0 Å². The number of benzene rings is 2. The molecule has 0 aromatic heterocycles. The molecule has 0 radical (unpaired) electrons. The number of piperidine rings is 1. The monoisotopic (exact) mass is 393 g/mol. The molecule has 2 amide bonds. The van der Waals surface area contributed by atoms with Gasteiger partial charge in [-0.05, 0) is 67.0 Å². The third-order valence-corrected chi connectivity index (χ3v) is 5.40. The summed E-state index contributed by atoms with van der Waals surface area (Å²) in [5, 5.41) is 5.34. The van der Waals surface area contributed by atoms with Crippen molar-refractivity contribution in [3.05, 3.63) is 59.7 Å². The molecule has 0 saturated carbocycles. The summed E-state index contributed by atoms with van der Waals surface area (Å²) in [5.74, 6) is -0.817. The lowest BCUT2D eigenvalue weighted by molar-refractivity contribution is -0.136.